The lowest BCUT2D eigenvalue weighted by Gasteiger charge is -2.40. The number of benzene rings is 1. The summed E-state index contributed by atoms with van der Waals surface area (Å²) in [7, 11) is 0. The number of nitrogens with one attached hydrogen (secondary N) is 2. The lowest BCUT2D eigenvalue weighted by Crippen LogP contribution is -2.50. The molecular formula is C23H26F2N4OS. The summed E-state index contributed by atoms with van der Waals surface area (Å²) in [5, 5.41) is 8.31. The molecular weight excluding hydrogens is 418 g/mol. The van der Waals surface area contributed by atoms with Gasteiger partial charge in [0.25, 0.3) is 11.8 Å². The van der Waals surface area contributed by atoms with E-state index < -0.39 is 11.8 Å². The molecule has 164 valence electrons. The number of carbonyl (C=O) groups excluding carboxylic acids is 1. The molecule has 0 bridgehead atoms. The standard InChI is InChI=1S/C23H26F2N4OS/c1-12(2)15-8-9-29(11-23(15,24)25)18-7-4-14-16(28-18)5-6-17-19(14)20-21(31-17)22(30)27-13(3)10-26-20/h4-7,12-13,15,26H,8-11H2,1-3H3,(H,27,30)/t13-,15?/m1/s1. The Balaban J connectivity index is 1.55. The number of amides is 1. The number of carbonyl (C=O) groups is 1. The minimum Gasteiger partial charge on any atom is -0.381 e. The van der Waals surface area contributed by atoms with Gasteiger partial charge in [-0.1, -0.05) is 13.8 Å². The van der Waals surface area contributed by atoms with Gasteiger partial charge in [0.05, 0.1) is 17.7 Å². The Morgan fingerprint density at radius 1 is 1.26 bits per heavy atom. The number of alkyl halides is 2. The van der Waals surface area contributed by atoms with Crippen LogP contribution >= 0.6 is 11.3 Å². The number of nitrogens with zero attached hydrogens (tertiary/aromatic N) is 2. The number of thiophene rings is 1. The van der Waals surface area contributed by atoms with E-state index in [0.29, 0.717) is 30.2 Å². The highest BCUT2D eigenvalue weighted by atomic mass is 32.1. The normalized spacial score (nSPS) is 23.5. The van der Waals surface area contributed by atoms with Crippen molar-refractivity contribution in [1.29, 1.82) is 0 Å². The van der Waals surface area contributed by atoms with E-state index >= 15 is 0 Å². The van der Waals surface area contributed by atoms with Gasteiger partial charge in [-0.15, -0.1) is 11.3 Å². The predicted molar refractivity (Wildman–Crippen MR) is 123 cm³/mol. The van der Waals surface area contributed by atoms with Crippen molar-refractivity contribution in [2.45, 2.75) is 39.2 Å². The molecule has 2 atom stereocenters. The summed E-state index contributed by atoms with van der Waals surface area (Å²) in [4.78, 5) is 19.7. The Morgan fingerprint density at radius 2 is 2.06 bits per heavy atom. The molecule has 0 spiro atoms. The van der Waals surface area contributed by atoms with E-state index in [9.17, 15) is 13.6 Å². The van der Waals surface area contributed by atoms with Gasteiger partial charge in [-0.3, -0.25) is 4.79 Å². The summed E-state index contributed by atoms with van der Waals surface area (Å²) in [6.07, 6.45) is 0.457. The zero-order chi connectivity index (χ0) is 21.9. The molecule has 1 aromatic carbocycles. The number of piperidine rings is 1. The van der Waals surface area contributed by atoms with Gasteiger partial charge < -0.3 is 15.5 Å². The number of rotatable bonds is 2. The summed E-state index contributed by atoms with van der Waals surface area (Å²) < 4.78 is 30.4. The molecule has 1 saturated heterocycles. The summed E-state index contributed by atoms with van der Waals surface area (Å²) in [5.41, 5.74) is 1.59. The molecule has 3 aromatic rings. The van der Waals surface area contributed by atoms with Gasteiger partial charge in [-0.2, -0.15) is 0 Å². The van der Waals surface area contributed by atoms with Crippen LogP contribution in [-0.4, -0.2) is 42.5 Å². The van der Waals surface area contributed by atoms with Crippen LogP contribution < -0.4 is 15.5 Å². The first-order valence-electron chi connectivity index (χ1n) is 10.8. The van der Waals surface area contributed by atoms with Crippen LogP contribution in [0.1, 0.15) is 36.9 Å². The third-order valence-electron chi connectivity index (χ3n) is 6.46. The Morgan fingerprint density at radius 3 is 2.81 bits per heavy atom. The lowest BCUT2D eigenvalue weighted by atomic mass is 9.83. The fourth-order valence-electron chi connectivity index (χ4n) is 4.86. The Hall–Kier alpha value is -2.48. The second-order valence-electron chi connectivity index (χ2n) is 9.06. The van der Waals surface area contributed by atoms with Gasteiger partial charge in [0.2, 0.25) is 0 Å². The van der Waals surface area contributed by atoms with Crippen LogP contribution in [0.15, 0.2) is 24.3 Å². The molecule has 31 heavy (non-hydrogen) atoms. The zero-order valence-corrected chi connectivity index (χ0v) is 18.7. The Bertz CT molecular complexity index is 1180. The highest BCUT2D eigenvalue weighted by Crippen LogP contribution is 2.42. The molecule has 0 radical (unpaired) electrons. The van der Waals surface area contributed by atoms with E-state index in [2.05, 4.69) is 10.6 Å². The number of fused-ring (bicyclic) bond motifs is 5. The van der Waals surface area contributed by atoms with E-state index in [0.717, 1.165) is 26.7 Å². The molecule has 2 N–H and O–H groups in total. The number of halogens is 2. The van der Waals surface area contributed by atoms with Crippen molar-refractivity contribution in [1.82, 2.24) is 10.3 Å². The first kappa shape index (κ1) is 20.4. The van der Waals surface area contributed by atoms with Crippen LogP contribution in [0.2, 0.25) is 0 Å². The molecule has 5 nitrogen and oxygen atoms in total. The van der Waals surface area contributed by atoms with E-state index in [1.54, 1.807) is 4.90 Å². The number of pyridine rings is 1. The minimum atomic E-state index is -2.73. The SMILES string of the molecule is CC(C)C1CCN(c2ccc3c(ccc4sc5c(c43)NC[C@@H](C)NC5=O)n2)CC1(F)F. The molecule has 2 aliphatic rings. The zero-order valence-electron chi connectivity index (χ0n) is 17.8. The summed E-state index contributed by atoms with van der Waals surface area (Å²) in [6.45, 7) is 6.62. The maximum absolute atomic E-state index is 14.7. The first-order chi connectivity index (χ1) is 14.7. The summed E-state index contributed by atoms with van der Waals surface area (Å²) in [5.74, 6) is -2.86. The number of hydrogen-bond donors (Lipinski definition) is 2. The molecule has 8 heteroatoms. The van der Waals surface area contributed by atoms with Gasteiger partial charge in [0, 0.05) is 40.5 Å². The van der Waals surface area contributed by atoms with E-state index in [1.807, 2.05) is 45.0 Å². The predicted octanol–water partition coefficient (Wildman–Crippen LogP) is 5.11. The average Bonchev–Trinajstić information content (AvgIpc) is 3.03. The molecule has 5 rings (SSSR count). The highest BCUT2D eigenvalue weighted by molar-refractivity contribution is 7.21. The van der Waals surface area contributed by atoms with Crippen molar-refractivity contribution in [3.63, 3.8) is 0 Å². The van der Waals surface area contributed by atoms with Crippen molar-refractivity contribution in [3.05, 3.63) is 29.1 Å². The average molecular weight is 445 g/mol. The van der Waals surface area contributed by atoms with Crippen LogP contribution in [0.3, 0.4) is 0 Å². The molecule has 0 aliphatic carbocycles. The fraction of sp³-hybridized carbons (Fsp3) is 0.478. The van der Waals surface area contributed by atoms with E-state index in [4.69, 9.17) is 4.98 Å². The van der Waals surface area contributed by atoms with Crippen LogP contribution in [-0.2, 0) is 0 Å². The quantitative estimate of drug-likeness (QED) is 0.577. The summed E-state index contributed by atoms with van der Waals surface area (Å²) in [6, 6.07) is 7.70. The molecule has 2 aromatic heterocycles. The molecule has 1 unspecified atom stereocenters. The third-order valence-corrected chi connectivity index (χ3v) is 7.61. The molecule has 1 fully saturated rings. The molecule has 2 aliphatic heterocycles. The highest BCUT2D eigenvalue weighted by Gasteiger charge is 2.46. The van der Waals surface area contributed by atoms with Gasteiger partial charge in [-0.25, -0.2) is 13.8 Å². The smallest absolute Gasteiger partial charge is 0.268 e. The maximum atomic E-state index is 14.7. The van der Waals surface area contributed by atoms with Crippen molar-refractivity contribution in [2.75, 3.05) is 29.9 Å². The molecule has 1 amide bonds. The van der Waals surface area contributed by atoms with Crippen LogP contribution in [0.25, 0.3) is 21.0 Å². The molecule has 0 saturated carbocycles. The Kier molecular flexibility index (Phi) is 4.80. The second kappa shape index (κ2) is 7.29. The number of anilines is 2. The monoisotopic (exact) mass is 444 g/mol. The van der Waals surface area contributed by atoms with Gasteiger partial charge in [0.15, 0.2) is 0 Å². The van der Waals surface area contributed by atoms with Crippen LogP contribution in [0.4, 0.5) is 20.3 Å². The lowest BCUT2D eigenvalue weighted by molar-refractivity contribution is -0.0815. The Labute approximate surface area is 183 Å². The van der Waals surface area contributed by atoms with E-state index in [-0.39, 0.29) is 24.4 Å². The largest absolute Gasteiger partial charge is 0.381 e. The number of aromatic nitrogens is 1. The van der Waals surface area contributed by atoms with E-state index in [1.165, 1.54) is 11.3 Å². The topological polar surface area (TPSA) is 57.3 Å². The maximum Gasteiger partial charge on any atom is 0.268 e. The number of hydrogen-bond acceptors (Lipinski definition) is 5. The van der Waals surface area contributed by atoms with Gasteiger partial charge >= 0.3 is 0 Å². The van der Waals surface area contributed by atoms with Crippen molar-refractivity contribution in [2.24, 2.45) is 11.8 Å². The van der Waals surface area contributed by atoms with Crippen molar-refractivity contribution in [3.8, 4) is 0 Å². The first-order valence-corrected chi connectivity index (χ1v) is 11.6. The fourth-order valence-corrected chi connectivity index (χ4v) is 5.96. The van der Waals surface area contributed by atoms with Gasteiger partial charge in [-0.05, 0) is 43.5 Å². The second-order valence-corrected chi connectivity index (χ2v) is 10.1. The van der Waals surface area contributed by atoms with Crippen LogP contribution in [0.5, 0.6) is 0 Å². The van der Waals surface area contributed by atoms with Crippen molar-refractivity contribution >= 4 is 49.7 Å². The van der Waals surface area contributed by atoms with Crippen LogP contribution in [0, 0.1) is 11.8 Å². The molecule has 4 heterocycles. The van der Waals surface area contributed by atoms with Crippen molar-refractivity contribution < 1.29 is 13.6 Å². The van der Waals surface area contributed by atoms with Gasteiger partial charge in [0.1, 0.15) is 10.7 Å². The minimum absolute atomic E-state index is 0.0392. The summed E-state index contributed by atoms with van der Waals surface area (Å²) >= 11 is 1.46. The third kappa shape index (κ3) is 3.41.